The second-order valence-corrected chi connectivity index (χ2v) is 8.37. The molecule has 36 heavy (non-hydrogen) atoms. The maximum Gasteiger partial charge on any atom is 0.411 e. The molecular weight excluding hydrogens is 454 g/mol. The summed E-state index contributed by atoms with van der Waals surface area (Å²) in [7, 11) is 1.38. The van der Waals surface area contributed by atoms with Gasteiger partial charge in [0, 0.05) is 22.6 Å². The third kappa shape index (κ3) is 7.38. The molecule has 1 unspecified atom stereocenters. The van der Waals surface area contributed by atoms with Crippen LogP contribution in [-0.2, 0) is 9.47 Å². The molecule has 0 saturated carbocycles. The van der Waals surface area contributed by atoms with Crippen LogP contribution in [0.1, 0.15) is 75.1 Å². The first-order valence-corrected chi connectivity index (χ1v) is 12.3. The molecule has 2 aromatic heterocycles. The predicted octanol–water partition coefficient (Wildman–Crippen LogP) is 6.95. The number of methoxy groups -OCH3 is 1. The van der Waals surface area contributed by atoms with Gasteiger partial charge in [-0.1, -0.05) is 63.2 Å². The minimum Gasteiger partial charge on any atom is -0.464 e. The van der Waals surface area contributed by atoms with Crippen molar-refractivity contribution in [2.24, 2.45) is 0 Å². The van der Waals surface area contributed by atoms with Crippen molar-refractivity contribution in [3.8, 4) is 11.3 Å². The summed E-state index contributed by atoms with van der Waals surface area (Å²) in [6.45, 7) is 12.1. The van der Waals surface area contributed by atoms with E-state index in [4.69, 9.17) is 9.72 Å². The van der Waals surface area contributed by atoms with Crippen molar-refractivity contribution in [3.05, 3.63) is 71.2 Å². The van der Waals surface area contributed by atoms with E-state index in [-0.39, 0.29) is 12.0 Å². The normalized spacial score (nSPS) is 11.8. The zero-order valence-corrected chi connectivity index (χ0v) is 22.3. The molecule has 1 atom stereocenters. The Morgan fingerprint density at radius 2 is 1.75 bits per heavy atom. The summed E-state index contributed by atoms with van der Waals surface area (Å²) >= 11 is 0. The molecular formula is C29H37N3O4. The number of aryl methyl sites for hydroxylation is 1. The van der Waals surface area contributed by atoms with Crippen LogP contribution in [0.5, 0.6) is 0 Å². The van der Waals surface area contributed by atoms with Gasteiger partial charge in [0.25, 0.3) is 0 Å². The number of alkyl carbamates (subject to hydrolysis) is 1. The number of hydrogen-bond donors (Lipinski definition) is 1. The van der Waals surface area contributed by atoms with E-state index in [0.717, 1.165) is 52.0 Å². The number of ether oxygens (including phenoxy) is 2. The fraction of sp³-hybridized carbons (Fsp3) is 0.379. The Bertz CT molecular complexity index is 1210. The van der Waals surface area contributed by atoms with E-state index in [1.54, 1.807) is 6.92 Å². The molecule has 1 aromatic carbocycles. The second kappa shape index (κ2) is 14.0. The molecule has 0 spiro atoms. The molecule has 0 saturated heterocycles. The van der Waals surface area contributed by atoms with Crippen LogP contribution >= 0.6 is 0 Å². The van der Waals surface area contributed by atoms with Crippen LogP contribution in [0.4, 0.5) is 4.79 Å². The maximum absolute atomic E-state index is 12.1. The van der Waals surface area contributed by atoms with Gasteiger partial charge in [0.1, 0.15) is 0 Å². The highest BCUT2D eigenvalue weighted by Gasteiger charge is 2.21. The molecule has 0 aliphatic heterocycles. The van der Waals surface area contributed by atoms with Crippen molar-refractivity contribution in [1.82, 2.24) is 15.3 Å². The Hall–Kier alpha value is -3.74. The number of nitrogens with zero attached hydrogens (tertiary/aromatic N) is 2. The highest BCUT2D eigenvalue weighted by Crippen LogP contribution is 2.31. The number of rotatable bonds is 7. The molecule has 1 amide bonds. The SMILES string of the molecule is CC/C=C(/C)NC(=O)OCC.CCC(C)c1nc(C(=O)OC)c(C)c2ccc(-c3ccccc3)nc12. The van der Waals surface area contributed by atoms with Crippen LogP contribution < -0.4 is 5.32 Å². The molecule has 0 radical (unpaired) electrons. The van der Waals surface area contributed by atoms with Crippen molar-refractivity contribution in [1.29, 1.82) is 0 Å². The third-order valence-electron chi connectivity index (χ3n) is 5.74. The van der Waals surface area contributed by atoms with Crippen molar-refractivity contribution in [2.75, 3.05) is 13.7 Å². The molecule has 2 heterocycles. The van der Waals surface area contributed by atoms with Gasteiger partial charge in [-0.3, -0.25) is 5.32 Å². The summed E-state index contributed by atoms with van der Waals surface area (Å²) in [4.78, 5) is 32.4. The lowest BCUT2D eigenvalue weighted by Gasteiger charge is -2.16. The Labute approximate surface area is 213 Å². The van der Waals surface area contributed by atoms with Crippen molar-refractivity contribution >= 4 is 23.0 Å². The summed E-state index contributed by atoms with van der Waals surface area (Å²) in [6.07, 6.45) is 3.38. The lowest BCUT2D eigenvalue weighted by molar-refractivity contribution is 0.0593. The summed E-state index contributed by atoms with van der Waals surface area (Å²) in [5.74, 6) is -0.207. The highest BCUT2D eigenvalue weighted by molar-refractivity contribution is 5.97. The van der Waals surface area contributed by atoms with Gasteiger partial charge in [0.05, 0.1) is 30.6 Å². The van der Waals surface area contributed by atoms with Gasteiger partial charge in [-0.05, 0) is 45.2 Å². The van der Waals surface area contributed by atoms with Crippen molar-refractivity contribution in [3.63, 3.8) is 0 Å². The number of carbonyl (C=O) groups excluding carboxylic acids is 2. The molecule has 3 aromatic rings. The van der Waals surface area contributed by atoms with Crippen LogP contribution in [0.15, 0.2) is 54.2 Å². The second-order valence-electron chi connectivity index (χ2n) is 8.37. The molecule has 0 aliphatic rings. The lowest BCUT2D eigenvalue weighted by atomic mass is 9.97. The van der Waals surface area contributed by atoms with Crippen LogP contribution in [0.25, 0.3) is 22.2 Å². The summed E-state index contributed by atoms with van der Waals surface area (Å²) < 4.78 is 9.57. The molecule has 0 bridgehead atoms. The standard InChI is InChI=1S/C21H22N2O2.C8H15NO2/c1-5-13(2)18-20-16(14(3)19(23-18)21(24)25-4)11-12-17(22-20)15-9-7-6-8-10-15;1-4-6-7(3)9-8(10)11-5-2/h6-13H,5H2,1-4H3;6H,4-5H2,1-3H3,(H,9,10)/b;7-6-. The summed E-state index contributed by atoms with van der Waals surface area (Å²) in [5, 5.41) is 3.53. The fourth-order valence-electron chi connectivity index (χ4n) is 3.63. The predicted molar refractivity (Wildman–Crippen MR) is 144 cm³/mol. The van der Waals surface area contributed by atoms with E-state index in [9.17, 15) is 9.59 Å². The summed E-state index contributed by atoms with van der Waals surface area (Å²) in [6, 6.07) is 14.1. The number of allylic oxidation sites excluding steroid dienone is 2. The molecule has 7 heteroatoms. The maximum atomic E-state index is 12.1. The van der Waals surface area contributed by atoms with Gasteiger partial charge in [0.15, 0.2) is 5.69 Å². The monoisotopic (exact) mass is 491 g/mol. The molecule has 7 nitrogen and oxygen atoms in total. The van der Waals surface area contributed by atoms with Gasteiger partial charge in [0.2, 0.25) is 0 Å². The first-order chi connectivity index (χ1) is 17.3. The molecule has 192 valence electrons. The molecule has 0 aliphatic carbocycles. The molecule has 3 rings (SSSR count). The van der Waals surface area contributed by atoms with Crippen LogP contribution in [0.2, 0.25) is 0 Å². The molecule has 1 N–H and O–H groups in total. The van der Waals surface area contributed by atoms with Gasteiger partial charge in [-0.15, -0.1) is 0 Å². The zero-order chi connectivity index (χ0) is 26.7. The van der Waals surface area contributed by atoms with Crippen LogP contribution in [0.3, 0.4) is 0 Å². The van der Waals surface area contributed by atoms with E-state index in [0.29, 0.717) is 12.3 Å². The average molecular weight is 492 g/mol. The minimum atomic E-state index is -0.406. The Morgan fingerprint density at radius 1 is 1.06 bits per heavy atom. The highest BCUT2D eigenvalue weighted by atomic mass is 16.5. The van der Waals surface area contributed by atoms with E-state index in [1.165, 1.54) is 7.11 Å². The van der Waals surface area contributed by atoms with Crippen molar-refractivity contribution < 1.29 is 19.1 Å². The average Bonchev–Trinajstić information content (AvgIpc) is 2.89. The number of nitrogens with one attached hydrogen (secondary N) is 1. The summed E-state index contributed by atoms with van der Waals surface area (Å²) in [5.41, 5.74) is 5.70. The third-order valence-corrected chi connectivity index (χ3v) is 5.74. The smallest absolute Gasteiger partial charge is 0.411 e. The number of esters is 1. The molecule has 0 fully saturated rings. The number of fused-ring (bicyclic) bond motifs is 1. The van der Waals surface area contributed by atoms with E-state index in [2.05, 4.69) is 28.9 Å². The Kier molecular flexibility index (Phi) is 11.1. The largest absolute Gasteiger partial charge is 0.464 e. The number of hydrogen-bond acceptors (Lipinski definition) is 6. The zero-order valence-electron chi connectivity index (χ0n) is 22.3. The van der Waals surface area contributed by atoms with E-state index < -0.39 is 5.97 Å². The first-order valence-electron chi connectivity index (χ1n) is 12.3. The fourth-order valence-corrected chi connectivity index (χ4v) is 3.63. The van der Waals surface area contributed by atoms with E-state index in [1.807, 2.05) is 69.3 Å². The van der Waals surface area contributed by atoms with Crippen LogP contribution in [-0.4, -0.2) is 35.7 Å². The van der Waals surface area contributed by atoms with Crippen molar-refractivity contribution in [2.45, 2.75) is 60.3 Å². The topological polar surface area (TPSA) is 90.4 Å². The minimum absolute atomic E-state index is 0.199. The first kappa shape index (κ1) is 28.5. The Morgan fingerprint density at radius 3 is 2.33 bits per heavy atom. The van der Waals surface area contributed by atoms with Gasteiger partial charge in [-0.25, -0.2) is 19.6 Å². The number of aromatic nitrogens is 2. The number of benzene rings is 1. The number of carbonyl (C=O) groups is 2. The van der Waals surface area contributed by atoms with Crippen LogP contribution in [0, 0.1) is 6.92 Å². The van der Waals surface area contributed by atoms with E-state index >= 15 is 0 Å². The Balaban J connectivity index is 0.000000352. The number of pyridine rings is 2. The number of amides is 1. The van der Waals surface area contributed by atoms with Gasteiger partial charge in [-0.2, -0.15) is 0 Å². The quantitative estimate of drug-likeness (QED) is 0.360. The van der Waals surface area contributed by atoms with Gasteiger partial charge < -0.3 is 9.47 Å². The van der Waals surface area contributed by atoms with Gasteiger partial charge >= 0.3 is 12.1 Å². The lowest BCUT2D eigenvalue weighted by Crippen LogP contribution is -2.22.